The van der Waals surface area contributed by atoms with Crippen LogP contribution in [-0.4, -0.2) is 51.9 Å². The van der Waals surface area contributed by atoms with Crippen LogP contribution in [0.1, 0.15) is 50.3 Å². The molecule has 8 nitrogen and oxygen atoms in total. The number of aromatic nitrogens is 2. The summed E-state index contributed by atoms with van der Waals surface area (Å²) in [4.78, 5) is 29.4. The molecule has 0 radical (unpaired) electrons. The zero-order valence-electron chi connectivity index (χ0n) is 17.4. The monoisotopic (exact) mass is 401 g/mol. The van der Waals surface area contributed by atoms with E-state index in [1.54, 1.807) is 30.6 Å². The second-order valence-corrected chi connectivity index (χ2v) is 7.18. The molecule has 0 fully saturated rings. The third-order valence-corrected chi connectivity index (χ3v) is 4.66. The number of rotatable bonds is 11. The lowest BCUT2D eigenvalue weighted by Gasteiger charge is -2.12. The van der Waals surface area contributed by atoms with Gasteiger partial charge < -0.3 is 10.2 Å². The van der Waals surface area contributed by atoms with Crippen molar-refractivity contribution in [2.45, 2.75) is 45.4 Å². The molecule has 29 heavy (non-hydrogen) atoms. The number of hydrogen-bond donors (Lipinski definition) is 3. The molecule has 0 aliphatic rings. The SMILES string of the molecule is CCCCCCc1nc2cc(/C=C/C(=O)NO)ccn2c1NCCC(=O)N(C)C. The molecule has 0 saturated carbocycles. The topological polar surface area (TPSA) is 99.0 Å². The Bertz CT molecular complexity index is 857. The molecule has 8 heteroatoms. The standard InChI is InChI=1S/C21H31N5O3/c1-4-5-6-7-8-17-21(22-13-11-20(28)25(2)3)26-14-12-16(15-18(26)23-17)9-10-19(27)24-29/h9-10,12,14-15,22,29H,4-8,11,13H2,1-3H3,(H,24,27)/b10-9+. The Kier molecular flexibility index (Phi) is 8.67. The Labute approximate surface area is 171 Å². The predicted octanol–water partition coefficient (Wildman–Crippen LogP) is 2.87. The number of pyridine rings is 1. The number of imidazole rings is 1. The van der Waals surface area contributed by atoms with Gasteiger partial charge in [-0.05, 0) is 36.6 Å². The number of amides is 2. The van der Waals surface area contributed by atoms with Crippen molar-refractivity contribution in [3.05, 3.63) is 35.7 Å². The Balaban J connectivity index is 2.22. The molecule has 0 aromatic carbocycles. The van der Waals surface area contributed by atoms with E-state index in [2.05, 4.69) is 12.2 Å². The fourth-order valence-corrected chi connectivity index (χ4v) is 3.01. The minimum Gasteiger partial charge on any atom is -0.369 e. The van der Waals surface area contributed by atoms with Gasteiger partial charge in [0.2, 0.25) is 5.91 Å². The number of hydrogen-bond acceptors (Lipinski definition) is 5. The molecule has 2 heterocycles. The Morgan fingerprint density at radius 3 is 2.76 bits per heavy atom. The number of hydroxylamine groups is 1. The summed E-state index contributed by atoms with van der Waals surface area (Å²) >= 11 is 0. The number of carbonyl (C=O) groups is 2. The summed E-state index contributed by atoms with van der Waals surface area (Å²) in [5.74, 6) is 0.398. The molecule has 158 valence electrons. The molecule has 2 aromatic rings. The van der Waals surface area contributed by atoms with E-state index in [0.717, 1.165) is 42.0 Å². The molecule has 2 rings (SSSR count). The third kappa shape index (κ3) is 6.60. The number of nitrogens with zero attached hydrogens (tertiary/aromatic N) is 3. The number of aryl methyl sites for hydroxylation is 1. The van der Waals surface area contributed by atoms with Crippen molar-refractivity contribution in [2.24, 2.45) is 0 Å². The minimum absolute atomic E-state index is 0.0744. The second kappa shape index (κ2) is 11.2. The normalized spacial score (nSPS) is 11.2. The number of nitrogens with one attached hydrogen (secondary N) is 2. The molecular formula is C21H31N5O3. The van der Waals surface area contributed by atoms with Crippen LogP contribution in [0, 0.1) is 0 Å². The van der Waals surface area contributed by atoms with Crippen LogP contribution in [0.4, 0.5) is 5.82 Å². The average Bonchev–Trinajstić information content (AvgIpc) is 3.05. The van der Waals surface area contributed by atoms with Crippen LogP contribution in [-0.2, 0) is 16.0 Å². The van der Waals surface area contributed by atoms with Gasteiger partial charge in [0.25, 0.3) is 5.91 Å². The largest absolute Gasteiger partial charge is 0.369 e. The molecular weight excluding hydrogens is 370 g/mol. The van der Waals surface area contributed by atoms with Crippen LogP contribution in [0.25, 0.3) is 11.7 Å². The minimum atomic E-state index is -0.585. The van der Waals surface area contributed by atoms with Gasteiger partial charge in [0, 0.05) is 39.3 Å². The van der Waals surface area contributed by atoms with Crippen molar-refractivity contribution in [3.8, 4) is 0 Å². The highest BCUT2D eigenvalue weighted by molar-refractivity contribution is 5.90. The van der Waals surface area contributed by atoms with Gasteiger partial charge in [-0.3, -0.25) is 19.2 Å². The van der Waals surface area contributed by atoms with Gasteiger partial charge in [-0.1, -0.05) is 26.2 Å². The van der Waals surface area contributed by atoms with Crippen molar-refractivity contribution >= 4 is 29.4 Å². The van der Waals surface area contributed by atoms with Gasteiger partial charge in [-0.25, -0.2) is 10.5 Å². The predicted molar refractivity (Wildman–Crippen MR) is 114 cm³/mol. The highest BCUT2D eigenvalue weighted by Gasteiger charge is 2.13. The van der Waals surface area contributed by atoms with E-state index >= 15 is 0 Å². The molecule has 0 aliphatic heterocycles. The first-order valence-electron chi connectivity index (χ1n) is 10.0. The average molecular weight is 402 g/mol. The maximum Gasteiger partial charge on any atom is 0.267 e. The first kappa shape index (κ1) is 22.4. The van der Waals surface area contributed by atoms with Crippen LogP contribution in [0.5, 0.6) is 0 Å². The van der Waals surface area contributed by atoms with E-state index in [1.165, 1.54) is 18.9 Å². The fraction of sp³-hybridized carbons (Fsp3) is 0.476. The van der Waals surface area contributed by atoms with Crippen LogP contribution in [0.2, 0.25) is 0 Å². The molecule has 3 N–H and O–H groups in total. The van der Waals surface area contributed by atoms with Crippen LogP contribution in [0.3, 0.4) is 0 Å². The van der Waals surface area contributed by atoms with E-state index in [0.29, 0.717) is 13.0 Å². The van der Waals surface area contributed by atoms with Crippen molar-refractivity contribution in [1.29, 1.82) is 0 Å². The first-order valence-corrected chi connectivity index (χ1v) is 10.0. The summed E-state index contributed by atoms with van der Waals surface area (Å²) < 4.78 is 1.97. The quantitative estimate of drug-likeness (QED) is 0.233. The first-order chi connectivity index (χ1) is 14.0. The Morgan fingerprint density at radius 2 is 2.07 bits per heavy atom. The smallest absolute Gasteiger partial charge is 0.267 e. The highest BCUT2D eigenvalue weighted by atomic mass is 16.5. The van der Waals surface area contributed by atoms with Gasteiger partial charge in [-0.15, -0.1) is 0 Å². The van der Waals surface area contributed by atoms with Crippen LogP contribution < -0.4 is 10.8 Å². The van der Waals surface area contributed by atoms with E-state index in [-0.39, 0.29) is 5.91 Å². The fourth-order valence-electron chi connectivity index (χ4n) is 3.01. The van der Waals surface area contributed by atoms with Crippen molar-refractivity contribution < 1.29 is 14.8 Å². The molecule has 0 aliphatic carbocycles. The van der Waals surface area contributed by atoms with E-state index in [9.17, 15) is 9.59 Å². The molecule has 0 atom stereocenters. The second-order valence-electron chi connectivity index (χ2n) is 7.18. The number of unbranched alkanes of at least 4 members (excludes halogenated alkanes) is 3. The number of fused-ring (bicyclic) bond motifs is 1. The molecule has 0 bridgehead atoms. The Morgan fingerprint density at radius 1 is 1.28 bits per heavy atom. The molecule has 0 unspecified atom stereocenters. The van der Waals surface area contributed by atoms with Crippen LogP contribution >= 0.6 is 0 Å². The van der Waals surface area contributed by atoms with Crippen molar-refractivity contribution in [3.63, 3.8) is 0 Å². The lowest BCUT2D eigenvalue weighted by molar-refractivity contribution is -0.128. The zero-order valence-corrected chi connectivity index (χ0v) is 17.4. The lowest BCUT2D eigenvalue weighted by Crippen LogP contribution is -2.24. The summed E-state index contributed by atoms with van der Waals surface area (Å²) in [6.45, 7) is 2.72. The van der Waals surface area contributed by atoms with Gasteiger partial charge in [0.05, 0.1) is 5.69 Å². The lowest BCUT2D eigenvalue weighted by atomic mass is 10.1. The summed E-state index contributed by atoms with van der Waals surface area (Å²) in [5.41, 5.74) is 4.12. The zero-order chi connectivity index (χ0) is 21.2. The van der Waals surface area contributed by atoms with Crippen molar-refractivity contribution in [1.82, 2.24) is 19.8 Å². The van der Waals surface area contributed by atoms with Gasteiger partial charge in [0.15, 0.2) is 0 Å². The summed E-state index contributed by atoms with van der Waals surface area (Å²) in [6.07, 6.45) is 10.6. The third-order valence-electron chi connectivity index (χ3n) is 4.66. The van der Waals surface area contributed by atoms with E-state index < -0.39 is 5.91 Å². The molecule has 2 amide bonds. The Hall–Kier alpha value is -2.87. The summed E-state index contributed by atoms with van der Waals surface area (Å²) in [7, 11) is 3.50. The van der Waals surface area contributed by atoms with Crippen molar-refractivity contribution in [2.75, 3.05) is 26.0 Å². The van der Waals surface area contributed by atoms with Gasteiger partial charge in [-0.2, -0.15) is 0 Å². The molecule has 0 spiro atoms. The van der Waals surface area contributed by atoms with E-state index in [4.69, 9.17) is 10.2 Å². The number of carbonyl (C=O) groups excluding carboxylic acids is 2. The van der Waals surface area contributed by atoms with Gasteiger partial charge in [0.1, 0.15) is 11.5 Å². The summed E-state index contributed by atoms with van der Waals surface area (Å²) in [6, 6.07) is 3.75. The maximum absolute atomic E-state index is 11.9. The highest BCUT2D eigenvalue weighted by Crippen LogP contribution is 2.22. The molecule has 2 aromatic heterocycles. The maximum atomic E-state index is 11.9. The summed E-state index contributed by atoms with van der Waals surface area (Å²) in [5, 5.41) is 12.0. The van der Waals surface area contributed by atoms with Gasteiger partial charge >= 0.3 is 0 Å². The van der Waals surface area contributed by atoms with E-state index in [1.807, 2.05) is 22.7 Å². The molecule has 0 saturated heterocycles. The van der Waals surface area contributed by atoms with Crippen LogP contribution in [0.15, 0.2) is 24.4 Å². The number of anilines is 1.